The molecular weight excluding hydrogens is 356 g/mol. The van der Waals surface area contributed by atoms with Crippen LogP contribution < -0.4 is 9.64 Å². The van der Waals surface area contributed by atoms with Gasteiger partial charge in [0, 0.05) is 44.1 Å². The fraction of sp³-hybridized carbons (Fsp3) is 0.476. The highest BCUT2D eigenvalue weighted by molar-refractivity contribution is 5.73. The molecule has 0 spiro atoms. The van der Waals surface area contributed by atoms with Gasteiger partial charge < -0.3 is 19.3 Å². The zero-order valence-electron chi connectivity index (χ0n) is 17.0. The predicted molar refractivity (Wildman–Crippen MR) is 109 cm³/mol. The Hall–Kier alpha value is -2.83. The lowest BCUT2D eigenvalue weighted by Crippen LogP contribution is -2.50. The van der Waals surface area contributed by atoms with Crippen LogP contribution in [0.5, 0.6) is 5.75 Å². The molecule has 0 saturated carbocycles. The van der Waals surface area contributed by atoms with Crippen LogP contribution in [0.15, 0.2) is 36.7 Å². The molecule has 1 amide bonds. The van der Waals surface area contributed by atoms with Crippen LogP contribution in [-0.4, -0.2) is 59.3 Å². The summed E-state index contributed by atoms with van der Waals surface area (Å²) >= 11 is 0. The molecule has 2 heterocycles. The molecule has 0 atom stereocenters. The monoisotopic (exact) mass is 384 g/mol. The molecular formula is C21H28N4O3. The van der Waals surface area contributed by atoms with Crippen LogP contribution in [0.4, 0.5) is 10.6 Å². The van der Waals surface area contributed by atoms with Gasteiger partial charge in [0.2, 0.25) is 0 Å². The fourth-order valence-electron chi connectivity index (χ4n) is 3.07. The predicted octanol–water partition coefficient (Wildman–Crippen LogP) is 3.60. The third-order valence-electron chi connectivity index (χ3n) is 4.35. The first kappa shape index (κ1) is 19.9. The maximum absolute atomic E-state index is 12.3. The first-order valence-corrected chi connectivity index (χ1v) is 9.64. The van der Waals surface area contributed by atoms with E-state index in [0.717, 1.165) is 22.8 Å². The van der Waals surface area contributed by atoms with Crippen molar-refractivity contribution in [1.29, 1.82) is 0 Å². The molecule has 28 heavy (non-hydrogen) atoms. The quantitative estimate of drug-likeness (QED) is 0.802. The lowest BCUT2D eigenvalue weighted by Gasteiger charge is -2.36. The fourth-order valence-corrected chi connectivity index (χ4v) is 3.07. The van der Waals surface area contributed by atoms with Gasteiger partial charge in [-0.3, -0.25) is 4.98 Å². The topological polar surface area (TPSA) is 67.8 Å². The summed E-state index contributed by atoms with van der Waals surface area (Å²) in [7, 11) is 0. The lowest BCUT2D eigenvalue weighted by atomic mass is 10.1. The summed E-state index contributed by atoms with van der Waals surface area (Å²) in [6.45, 7) is 10.8. The van der Waals surface area contributed by atoms with Crippen molar-refractivity contribution in [1.82, 2.24) is 14.9 Å². The summed E-state index contributed by atoms with van der Waals surface area (Å²) in [5.74, 6) is 1.66. The van der Waals surface area contributed by atoms with Crippen molar-refractivity contribution in [2.75, 3.05) is 37.7 Å². The number of nitrogens with zero attached hydrogens (tertiary/aromatic N) is 4. The van der Waals surface area contributed by atoms with Crippen LogP contribution in [0.3, 0.4) is 0 Å². The molecule has 150 valence electrons. The summed E-state index contributed by atoms with van der Waals surface area (Å²) < 4.78 is 11.0. The minimum Gasteiger partial charge on any atom is -0.494 e. The largest absolute Gasteiger partial charge is 0.494 e. The van der Waals surface area contributed by atoms with E-state index in [0.29, 0.717) is 32.8 Å². The second-order valence-corrected chi connectivity index (χ2v) is 7.64. The number of hydrogen-bond donors (Lipinski definition) is 0. The maximum Gasteiger partial charge on any atom is 0.410 e. The van der Waals surface area contributed by atoms with Crippen molar-refractivity contribution in [3.05, 3.63) is 36.7 Å². The van der Waals surface area contributed by atoms with Gasteiger partial charge in [0.05, 0.1) is 6.61 Å². The van der Waals surface area contributed by atoms with Crippen molar-refractivity contribution >= 4 is 11.9 Å². The Morgan fingerprint density at radius 2 is 1.68 bits per heavy atom. The van der Waals surface area contributed by atoms with Crippen molar-refractivity contribution in [2.24, 2.45) is 0 Å². The summed E-state index contributed by atoms with van der Waals surface area (Å²) in [4.78, 5) is 25.3. The third kappa shape index (κ3) is 4.91. The normalized spacial score (nSPS) is 14.7. The summed E-state index contributed by atoms with van der Waals surface area (Å²) in [5, 5.41) is 0. The van der Waals surface area contributed by atoms with E-state index in [4.69, 9.17) is 9.47 Å². The van der Waals surface area contributed by atoms with E-state index in [1.807, 2.05) is 52.0 Å². The number of ether oxygens (including phenoxy) is 2. The first-order chi connectivity index (χ1) is 13.4. The average Bonchev–Trinajstić information content (AvgIpc) is 2.68. The summed E-state index contributed by atoms with van der Waals surface area (Å²) in [5.41, 5.74) is 1.33. The minimum atomic E-state index is -0.486. The van der Waals surface area contributed by atoms with E-state index >= 15 is 0 Å². The number of anilines is 1. The highest BCUT2D eigenvalue weighted by atomic mass is 16.6. The number of aromatic nitrogens is 2. The molecule has 0 unspecified atom stereocenters. The zero-order chi connectivity index (χ0) is 20.1. The molecule has 1 aromatic carbocycles. The Kier molecular flexibility index (Phi) is 6.02. The van der Waals surface area contributed by atoms with Crippen LogP contribution >= 0.6 is 0 Å². The van der Waals surface area contributed by atoms with E-state index in [1.165, 1.54) is 0 Å². The highest BCUT2D eigenvalue weighted by Gasteiger charge is 2.27. The molecule has 0 bridgehead atoms. The molecule has 1 aromatic heterocycles. The van der Waals surface area contributed by atoms with Crippen LogP contribution in [-0.2, 0) is 4.74 Å². The van der Waals surface area contributed by atoms with E-state index in [1.54, 1.807) is 17.3 Å². The molecule has 1 aliphatic rings. The molecule has 0 radical (unpaired) electrons. The summed E-state index contributed by atoms with van der Waals surface area (Å²) in [6.07, 6.45) is 3.14. The number of carbonyl (C=O) groups excluding carboxylic acids is 1. The highest BCUT2D eigenvalue weighted by Crippen LogP contribution is 2.29. The molecule has 7 heteroatoms. The van der Waals surface area contributed by atoms with E-state index < -0.39 is 5.60 Å². The van der Waals surface area contributed by atoms with Gasteiger partial charge in [0.1, 0.15) is 17.0 Å². The molecule has 1 aliphatic heterocycles. The van der Waals surface area contributed by atoms with Gasteiger partial charge in [0.25, 0.3) is 0 Å². The SMILES string of the molecule is CCOc1ccc(-c2nccnc2N2CCN(C(=O)OC(C)(C)C)CC2)cc1. The maximum atomic E-state index is 12.3. The number of hydrogen-bond acceptors (Lipinski definition) is 6. The number of piperazine rings is 1. The Labute approximate surface area is 166 Å². The molecule has 0 aliphatic carbocycles. The first-order valence-electron chi connectivity index (χ1n) is 9.64. The van der Waals surface area contributed by atoms with Gasteiger partial charge >= 0.3 is 6.09 Å². The van der Waals surface area contributed by atoms with Crippen molar-refractivity contribution < 1.29 is 14.3 Å². The second-order valence-electron chi connectivity index (χ2n) is 7.64. The average molecular weight is 384 g/mol. The zero-order valence-corrected chi connectivity index (χ0v) is 17.0. The van der Waals surface area contributed by atoms with Gasteiger partial charge in [-0.15, -0.1) is 0 Å². The van der Waals surface area contributed by atoms with Crippen molar-refractivity contribution in [3.8, 4) is 17.0 Å². The Morgan fingerprint density at radius 1 is 1.04 bits per heavy atom. The van der Waals surface area contributed by atoms with Crippen LogP contribution in [0.2, 0.25) is 0 Å². The smallest absolute Gasteiger partial charge is 0.410 e. The van der Waals surface area contributed by atoms with Gasteiger partial charge in [-0.25, -0.2) is 9.78 Å². The van der Waals surface area contributed by atoms with Gasteiger partial charge in [-0.2, -0.15) is 0 Å². The molecule has 2 aromatic rings. The molecule has 1 fully saturated rings. The van der Waals surface area contributed by atoms with E-state index in [9.17, 15) is 4.79 Å². The van der Waals surface area contributed by atoms with Crippen LogP contribution in [0.1, 0.15) is 27.7 Å². The van der Waals surface area contributed by atoms with Gasteiger partial charge in [-0.1, -0.05) is 0 Å². The van der Waals surface area contributed by atoms with Gasteiger partial charge in [0.15, 0.2) is 5.82 Å². The summed E-state index contributed by atoms with van der Waals surface area (Å²) in [6, 6.07) is 7.88. The number of benzene rings is 1. The van der Waals surface area contributed by atoms with Crippen molar-refractivity contribution in [3.63, 3.8) is 0 Å². The Bertz CT molecular complexity index is 794. The van der Waals surface area contributed by atoms with Crippen molar-refractivity contribution in [2.45, 2.75) is 33.3 Å². The second kappa shape index (κ2) is 8.46. The van der Waals surface area contributed by atoms with E-state index in [-0.39, 0.29) is 6.09 Å². The Morgan fingerprint density at radius 3 is 2.29 bits per heavy atom. The number of rotatable bonds is 4. The standard InChI is InChI=1S/C21H28N4O3/c1-5-27-17-8-6-16(7-9-17)18-19(23-11-10-22-18)24-12-14-25(15-13-24)20(26)28-21(2,3)4/h6-11H,5,12-15H2,1-4H3. The van der Waals surface area contributed by atoms with Crippen LogP contribution in [0.25, 0.3) is 11.3 Å². The minimum absolute atomic E-state index is 0.266. The molecule has 1 saturated heterocycles. The number of carbonyl (C=O) groups is 1. The van der Waals surface area contributed by atoms with E-state index in [2.05, 4.69) is 14.9 Å². The molecule has 0 N–H and O–H groups in total. The Balaban J connectivity index is 1.71. The lowest BCUT2D eigenvalue weighted by molar-refractivity contribution is 0.0240. The van der Waals surface area contributed by atoms with Crippen LogP contribution in [0, 0.1) is 0 Å². The number of amides is 1. The third-order valence-corrected chi connectivity index (χ3v) is 4.35. The van der Waals surface area contributed by atoms with Gasteiger partial charge in [-0.05, 0) is 52.0 Å². The molecule has 7 nitrogen and oxygen atoms in total. The molecule has 3 rings (SSSR count).